The minimum Gasteiger partial charge on any atom is -0.352 e. The summed E-state index contributed by atoms with van der Waals surface area (Å²) in [7, 11) is 1.83. The van der Waals surface area contributed by atoms with Crippen LogP contribution in [-0.4, -0.2) is 86.5 Å². The Labute approximate surface area is 153 Å². The summed E-state index contributed by atoms with van der Waals surface area (Å²) in [5, 5.41) is 8.24. The smallest absolute Gasteiger partial charge is 0.236 e. The van der Waals surface area contributed by atoms with Crippen molar-refractivity contribution in [2.45, 2.75) is 25.7 Å². The summed E-state index contributed by atoms with van der Waals surface area (Å²) in [4.78, 5) is 27.8. The van der Waals surface area contributed by atoms with Crippen molar-refractivity contribution in [2.75, 3.05) is 50.7 Å². The van der Waals surface area contributed by atoms with E-state index in [1.807, 2.05) is 11.9 Å². The standard InChI is InChI=1S/C17H26N8O/c1-22-16-15(20-21-22)17(19-13-18-16)25-10-8-23(9-11-25)12-14(26)24-6-4-2-3-5-7-24/h13H,2-12H2,1H3. The van der Waals surface area contributed by atoms with Gasteiger partial charge in [0.1, 0.15) is 6.33 Å². The highest BCUT2D eigenvalue weighted by atomic mass is 16.2. The molecule has 0 unspecified atom stereocenters. The molecule has 140 valence electrons. The lowest BCUT2D eigenvalue weighted by molar-refractivity contribution is -0.132. The molecule has 0 bridgehead atoms. The fourth-order valence-electron chi connectivity index (χ4n) is 3.80. The fourth-order valence-corrected chi connectivity index (χ4v) is 3.80. The van der Waals surface area contributed by atoms with Crippen molar-refractivity contribution in [3.63, 3.8) is 0 Å². The molecule has 2 aliphatic rings. The number of anilines is 1. The van der Waals surface area contributed by atoms with Gasteiger partial charge in [-0.3, -0.25) is 9.69 Å². The maximum atomic E-state index is 12.6. The molecule has 4 rings (SSSR count). The summed E-state index contributed by atoms with van der Waals surface area (Å²) >= 11 is 0. The highest BCUT2D eigenvalue weighted by Crippen LogP contribution is 2.21. The van der Waals surface area contributed by atoms with Gasteiger partial charge in [0.15, 0.2) is 17.0 Å². The predicted octanol–water partition coefficient (Wildman–Crippen LogP) is 0.283. The molecule has 0 atom stereocenters. The summed E-state index contributed by atoms with van der Waals surface area (Å²) < 4.78 is 1.66. The van der Waals surface area contributed by atoms with E-state index in [-0.39, 0.29) is 5.91 Å². The molecule has 4 heterocycles. The molecule has 2 saturated heterocycles. The normalized spacial score (nSPS) is 19.7. The molecular weight excluding hydrogens is 332 g/mol. The van der Waals surface area contributed by atoms with Crippen LogP contribution in [0.1, 0.15) is 25.7 Å². The summed E-state index contributed by atoms with van der Waals surface area (Å²) in [6.45, 7) is 5.73. The quantitative estimate of drug-likeness (QED) is 0.779. The van der Waals surface area contributed by atoms with Crippen LogP contribution in [0.3, 0.4) is 0 Å². The van der Waals surface area contributed by atoms with Crippen LogP contribution in [0.15, 0.2) is 6.33 Å². The molecule has 0 radical (unpaired) electrons. The van der Waals surface area contributed by atoms with E-state index >= 15 is 0 Å². The SMILES string of the molecule is Cn1nnc2c(N3CCN(CC(=O)N4CCCCCC4)CC3)ncnc21. The van der Waals surface area contributed by atoms with Gasteiger partial charge < -0.3 is 9.80 Å². The first-order chi connectivity index (χ1) is 12.7. The third kappa shape index (κ3) is 3.48. The van der Waals surface area contributed by atoms with Crippen LogP contribution in [0, 0.1) is 0 Å². The molecule has 0 saturated carbocycles. The van der Waals surface area contributed by atoms with E-state index < -0.39 is 0 Å². The molecule has 2 aromatic rings. The average molecular weight is 358 g/mol. The van der Waals surface area contributed by atoms with Crippen molar-refractivity contribution < 1.29 is 4.79 Å². The van der Waals surface area contributed by atoms with Gasteiger partial charge in [-0.2, -0.15) is 0 Å². The second kappa shape index (κ2) is 7.53. The number of likely N-dealkylation sites (tertiary alicyclic amines) is 1. The number of aryl methyl sites for hydroxylation is 1. The van der Waals surface area contributed by atoms with Crippen molar-refractivity contribution in [3.8, 4) is 0 Å². The molecule has 2 aromatic heterocycles. The summed E-state index contributed by atoms with van der Waals surface area (Å²) in [6, 6.07) is 0. The number of nitrogens with zero attached hydrogens (tertiary/aromatic N) is 8. The highest BCUT2D eigenvalue weighted by Gasteiger charge is 2.24. The summed E-state index contributed by atoms with van der Waals surface area (Å²) in [5.41, 5.74) is 1.48. The van der Waals surface area contributed by atoms with Crippen LogP contribution in [0.25, 0.3) is 11.2 Å². The number of hydrogen-bond donors (Lipinski definition) is 0. The molecule has 0 aliphatic carbocycles. The summed E-state index contributed by atoms with van der Waals surface area (Å²) in [6.07, 6.45) is 6.34. The molecule has 0 spiro atoms. The van der Waals surface area contributed by atoms with E-state index in [4.69, 9.17) is 0 Å². The molecule has 26 heavy (non-hydrogen) atoms. The van der Waals surface area contributed by atoms with Crippen molar-refractivity contribution in [1.82, 2.24) is 34.8 Å². The Morgan fingerprint density at radius 1 is 1.00 bits per heavy atom. The molecule has 0 N–H and O–H groups in total. The number of piperazine rings is 1. The van der Waals surface area contributed by atoms with Crippen molar-refractivity contribution in [1.29, 1.82) is 0 Å². The number of fused-ring (bicyclic) bond motifs is 1. The molecular formula is C17H26N8O. The van der Waals surface area contributed by atoms with E-state index in [0.29, 0.717) is 6.54 Å². The zero-order valence-electron chi connectivity index (χ0n) is 15.3. The van der Waals surface area contributed by atoms with Gasteiger partial charge in [-0.15, -0.1) is 5.10 Å². The third-order valence-corrected chi connectivity index (χ3v) is 5.36. The third-order valence-electron chi connectivity index (χ3n) is 5.36. The van der Waals surface area contributed by atoms with Crippen LogP contribution in [0.4, 0.5) is 5.82 Å². The van der Waals surface area contributed by atoms with Gasteiger partial charge in [0, 0.05) is 46.3 Å². The molecule has 1 amide bonds. The maximum absolute atomic E-state index is 12.6. The molecule has 2 fully saturated rings. The minimum absolute atomic E-state index is 0.277. The van der Waals surface area contributed by atoms with E-state index in [1.165, 1.54) is 12.8 Å². The van der Waals surface area contributed by atoms with Crippen LogP contribution < -0.4 is 4.90 Å². The second-order valence-electron chi connectivity index (χ2n) is 7.14. The Balaban J connectivity index is 1.35. The van der Waals surface area contributed by atoms with Crippen LogP contribution in [0.5, 0.6) is 0 Å². The Hall–Kier alpha value is -2.29. The predicted molar refractivity (Wildman–Crippen MR) is 97.8 cm³/mol. The maximum Gasteiger partial charge on any atom is 0.236 e. The number of aromatic nitrogens is 5. The first-order valence-corrected chi connectivity index (χ1v) is 9.48. The zero-order chi connectivity index (χ0) is 17.9. The molecule has 9 nitrogen and oxygen atoms in total. The van der Waals surface area contributed by atoms with Crippen molar-refractivity contribution in [3.05, 3.63) is 6.33 Å². The van der Waals surface area contributed by atoms with Gasteiger partial charge >= 0.3 is 0 Å². The monoisotopic (exact) mass is 358 g/mol. The lowest BCUT2D eigenvalue weighted by Crippen LogP contribution is -2.50. The van der Waals surface area contributed by atoms with E-state index in [2.05, 4.69) is 30.1 Å². The van der Waals surface area contributed by atoms with Gasteiger partial charge in [-0.05, 0) is 12.8 Å². The largest absolute Gasteiger partial charge is 0.352 e. The van der Waals surface area contributed by atoms with Gasteiger partial charge in [0.2, 0.25) is 5.91 Å². The minimum atomic E-state index is 0.277. The van der Waals surface area contributed by atoms with Gasteiger partial charge in [0.05, 0.1) is 6.54 Å². The average Bonchev–Trinajstić information content (AvgIpc) is 2.87. The molecule has 2 aliphatic heterocycles. The first kappa shape index (κ1) is 17.1. The first-order valence-electron chi connectivity index (χ1n) is 9.48. The van der Waals surface area contributed by atoms with Gasteiger partial charge in [-0.25, -0.2) is 14.6 Å². The molecule has 0 aromatic carbocycles. The van der Waals surface area contributed by atoms with E-state index in [0.717, 1.165) is 69.1 Å². The van der Waals surface area contributed by atoms with E-state index in [1.54, 1.807) is 11.0 Å². The Kier molecular flexibility index (Phi) is 4.96. The Bertz CT molecular complexity index is 759. The van der Waals surface area contributed by atoms with E-state index in [9.17, 15) is 4.79 Å². The lowest BCUT2D eigenvalue weighted by Gasteiger charge is -2.35. The van der Waals surface area contributed by atoms with Crippen molar-refractivity contribution >= 4 is 22.9 Å². The van der Waals surface area contributed by atoms with Crippen LogP contribution in [-0.2, 0) is 11.8 Å². The number of rotatable bonds is 3. The number of carbonyl (C=O) groups excluding carboxylic acids is 1. The zero-order valence-corrected chi connectivity index (χ0v) is 15.3. The summed E-state index contributed by atoms with van der Waals surface area (Å²) in [5.74, 6) is 1.11. The van der Waals surface area contributed by atoms with Gasteiger partial charge in [-0.1, -0.05) is 18.1 Å². The topological polar surface area (TPSA) is 83.3 Å². The lowest BCUT2D eigenvalue weighted by atomic mass is 10.2. The highest BCUT2D eigenvalue weighted by molar-refractivity contribution is 5.82. The fraction of sp³-hybridized carbons (Fsp3) is 0.706. The molecule has 9 heteroatoms. The van der Waals surface area contributed by atoms with Gasteiger partial charge in [0.25, 0.3) is 0 Å². The number of hydrogen-bond acceptors (Lipinski definition) is 7. The Morgan fingerprint density at radius 3 is 2.46 bits per heavy atom. The van der Waals surface area contributed by atoms with Crippen LogP contribution >= 0.6 is 0 Å². The number of amides is 1. The van der Waals surface area contributed by atoms with Crippen LogP contribution in [0.2, 0.25) is 0 Å². The number of carbonyl (C=O) groups is 1. The van der Waals surface area contributed by atoms with Crippen molar-refractivity contribution in [2.24, 2.45) is 7.05 Å². The second-order valence-corrected chi connectivity index (χ2v) is 7.14. The Morgan fingerprint density at radius 2 is 1.73 bits per heavy atom.